The van der Waals surface area contributed by atoms with Gasteiger partial charge >= 0.3 is 0 Å². The average Bonchev–Trinajstić information content (AvgIpc) is 2.48. The molecule has 2 aromatic carbocycles. The molecule has 0 radical (unpaired) electrons. The van der Waals surface area contributed by atoms with Crippen LogP contribution in [0.25, 0.3) is 10.8 Å². The highest BCUT2D eigenvalue weighted by Gasteiger charge is 2.12. The normalized spacial score (nSPS) is 19.7. The average molecular weight is 255 g/mol. The molecule has 19 heavy (non-hydrogen) atoms. The third-order valence-electron chi connectivity index (χ3n) is 3.79. The lowest BCUT2D eigenvalue weighted by Gasteiger charge is -2.22. The molecule has 100 valence electrons. The fourth-order valence-electron chi connectivity index (χ4n) is 2.69. The summed E-state index contributed by atoms with van der Waals surface area (Å²) in [6.45, 7) is 2.82. The van der Waals surface area contributed by atoms with Crippen LogP contribution in [0.4, 0.5) is 0 Å². The van der Waals surface area contributed by atoms with E-state index in [1.54, 1.807) is 0 Å². The smallest absolute Gasteiger partial charge is 0.0699 e. The van der Waals surface area contributed by atoms with Crippen LogP contribution in [0.2, 0.25) is 0 Å². The molecule has 2 nitrogen and oxygen atoms in total. The minimum atomic E-state index is 0.411. The molecule has 1 aliphatic heterocycles. The maximum Gasteiger partial charge on any atom is 0.0699 e. The lowest BCUT2D eigenvalue weighted by Crippen LogP contribution is -2.31. The number of nitrogens with one attached hydrogen (secondary N) is 1. The molecule has 2 aromatic rings. The van der Waals surface area contributed by atoms with Crippen LogP contribution in [-0.4, -0.2) is 19.3 Å². The molecule has 1 aliphatic rings. The van der Waals surface area contributed by atoms with Gasteiger partial charge < -0.3 is 10.1 Å². The summed E-state index contributed by atoms with van der Waals surface area (Å²) < 4.78 is 5.72. The second-order valence-corrected chi connectivity index (χ2v) is 5.30. The van der Waals surface area contributed by atoms with Gasteiger partial charge in [0.05, 0.1) is 6.10 Å². The molecule has 0 saturated carbocycles. The second kappa shape index (κ2) is 6.18. The fourth-order valence-corrected chi connectivity index (χ4v) is 2.69. The van der Waals surface area contributed by atoms with Gasteiger partial charge in [0.2, 0.25) is 0 Å². The molecule has 1 N–H and O–H groups in total. The van der Waals surface area contributed by atoms with Crippen LogP contribution >= 0.6 is 0 Å². The topological polar surface area (TPSA) is 21.3 Å². The number of rotatable bonds is 4. The SMILES string of the molecule is c1ccc2cc(CNCC3CCCCO3)ccc2c1. The van der Waals surface area contributed by atoms with Crippen molar-refractivity contribution in [3.8, 4) is 0 Å². The lowest BCUT2D eigenvalue weighted by molar-refractivity contribution is 0.0168. The van der Waals surface area contributed by atoms with Crippen LogP contribution in [0.15, 0.2) is 42.5 Å². The zero-order valence-electron chi connectivity index (χ0n) is 11.3. The summed E-state index contributed by atoms with van der Waals surface area (Å²) in [4.78, 5) is 0. The van der Waals surface area contributed by atoms with Crippen molar-refractivity contribution in [3.05, 3.63) is 48.0 Å². The van der Waals surface area contributed by atoms with Gasteiger partial charge in [-0.15, -0.1) is 0 Å². The van der Waals surface area contributed by atoms with Crippen LogP contribution < -0.4 is 5.32 Å². The summed E-state index contributed by atoms with van der Waals surface area (Å²) in [6.07, 6.45) is 4.14. The Balaban J connectivity index is 1.56. The van der Waals surface area contributed by atoms with Crippen LogP contribution in [0, 0.1) is 0 Å². The Labute approximate surface area is 114 Å². The molecule has 0 spiro atoms. The Bertz CT molecular complexity index is 532. The van der Waals surface area contributed by atoms with E-state index in [2.05, 4.69) is 47.8 Å². The van der Waals surface area contributed by atoms with Gasteiger partial charge in [0.25, 0.3) is 0 Å². The third-order valence-corrected chi connectivity index (χ3v) is 3.79. The third kappa shape index (κ3) is 3.34. The van der Waals surface area contributed by atoms with Gasteiger partial charge in [-0.3, -0.25) is 0 Å². The van der Waals surface area contributed by atoms with Crippen molar-refractivity contribution >= 4 is 10.8 Å². The first kappa shape index (κ1) is 12.6. The summed E-state index contributed by atoms with van der Waals surface area (Å²) in [5, 5.41) is 6.13. The van der Waals surface area contributed by atoms with Crippen molar-refractivity contribution < 1.29 is 4.74 Å². The highest BCUT2D eigenvalue weighted by Crippen LogP contribution is 2.16. The van der Waals surface area contributed by atoms with E-state index >= 15 is 0 Å². The number of fused-ring (bicyclic) bond motifs is 1. The first-order chi connectivity index (χ1) is 9.42. The lowest BCUT2D eigenvalue weighted by atomic mass is 10.1. The maximum atomic E-state index is 5.72. The highest BCUT2D eigenvalue weighted by atomic mass is 16.5. The minimum absolute atomic E-state index is 0.411. The van der Waals surface area contributed by atoms with Gasteiger partial charge in [0.1, 0.15) is 0 Å². The molecule has 1 saturated heterocycles. The largest absolute Gasteiger partial charge is 0.377 e. The summed E-state index contributed by atoms with van der Waals surface area (Å²) >= 11 is 0. The van der Waals surface area contributed by atoms with Gasteiger partial charge in [-0.05, 0) is 41.7 Å². The molecule has 2 heteroatoms. The molecule has 3 rings (SSSR count). The van der Waals surface area contributed by atoms with E-state index in [9.17, 15) is 0 Å². The van der Waals surface area contributed by atoms with Gasteiger partial charge in [0.15, 0.2) is 0 Å². The minimum Gasteiger partial charge on any atom is -0.377 e. The number of ether oxygens (including phenoxy) is 1. The Morgan fingerprint density at radius 1 is 1.05 bits per heavy atom. The van der Waals surface area contributed by atoms with Gasteiger partial charge in [0, 0.05) is 19.7 Å². The fraction of sp³-hybridized carbons (Fsp3) is 0.412. The monoisotopic (exact) mass is 255 g/mol. The van der Waals surface area contributed by atoms with Crippen LogP contribution in [0.1, 0.15) is 24.8 Å². The van der Waals surface area contributed by atoms with Crippen LogP contribution in [-0.2, 0) is 11.3 Å². The maximum absolute atomic E-state index is 5.72. The Hall–Kier alpha value is -1.38. The zero-order chi connectivity index (χ0) is 12.9. The standard InChI is InChI=1S/C17H21NO/c1-2-6-16-11-14(8-9-15(16)5-1)12-18-13-17-7-3-4-10-19-17/h1-2,5-6,8-9,11,17-18H,3-4,7,10,12-13H2. The first-order valence-electron chi connectivity index (χ1n) is 7.22. The van der Waals surface area contributed by atoms with E-state index in [1.165, 1.54) is 35.6 Å². The van der Waals surface area contributed by atoms with Crippen molar-refractivity contribution in [2.45, 2.75) is 31.9 Å². The van der Waals surface area contributed by atoms with E-state index < -0.39 is 0 Å². The van der Waals surface area contributed by atoms with E-state index in [0.717, 1.165) is 19.7 Å². The van der Waals surface area contributed by atoms with Crippen molar-refractivity contribution in [3.63, 3.8) is 0 Å². The molecular formula is C17H21NO. The molecular weight excluding hydrogens is 234 g/mol. The molecule has 0 aromatic heterocycles. The summed E-state index contributed by atoms with van der Waals surface area (Å²) in [5.41, 5.74) is 1.34. The highest BCUT2D eigenvalue weighted by molar-refractivity contribution is 5.82. The van der Waals surface area contributed by atoms with E-state index in [4.69, 9.17) is 4.74 Å². The molecule has 1 fully saturated rings. The molecule has 0 bridgehead atoms. The Morgan fingerprint density at radius 3 is 2.79 bits per heavy atom. The number of benzene rings is 2. The van der Waals surface area contributed by atoms with Gasteiger partial charge in [-0.25, -0.2) is 0 Å². The summed E-state index contributed by atoms with van der Waals surface area (Å²) in [7, 11) is 0. The van der Waals surface area contributed by atoms with Gasteiger partial charge in [-0.1, -0.05) is 36.4 Å². The molecule has 0 aliphatic carbocycles. The molecule has 1 atom stereocenters. The molecule has 1 heterocycles. The number of hydrogen-bond donors (Lipinski definition) is 1. The van der Waals surface area contributed by atoms with Crippen LogP contribution in [0.3, 0.4) is 0 Å². The van der Waals surface area contributed by atoms with Crippen molar-refractivity contribution in [1.82, 2.24) is 5.32 Å². The first-order valence-corrected chi connectivity index (χ1v) is 7.22. The Kier molecular flexibility index (Phi) is 4.11. The zero-order valence-corrected chi connectivity index (χ0v) is 11.3. The summed E-state index contributed by atoms with van der Waals surface area (Å²) in [6, 6.07) is 15.2. The molecule has 0 amide bonds. The molecule has 1 unspecified atom stereocenters. The Morgan fingerprint density at radius 2 is 1.95 bits per heavy atom. The van der Waals surface area contributed by atoms with E-state index in [1.807, 2.05) is 0 Å². The van der Waals surface area contributed by atoms with E-state index in [0.29, 0.717) is 6.10 Å². The van der Waals surface area contributed by atoms with Crippen molar-refractivity contribution in [1.29, 1.82) is 0 Å². The van der Waals surface area contributed by atoms with Crippen molar-refractivity contribution in [2.24, 2.45) is 0 Å². The summed E-state index contributed by atoms with van der Waals surface area (Å²) in [5.74, 6) is 0. The van der Waals surface area contributed by atoms with E-state index in [-0.39, 0.29) is 0 Å². The second-order valence-electron chi connectivity index (χ2n) is 5.30. The van der Waals surface area contributed by atoms with Crippen molar-refractivity contribution in [2.75, 3.05) is 13.2 Å². The number of hydrogen-bond acceptors (Lipinski definition) is 2. The quantitative estimate of drug-likeness (QED) is 0.903. The predicted molar refractivity (Wildman–Crippen MR) is 79.2 cm³/mol. The predicted octanol–water partition coefficient (Wildman–Crippen LogP) is 3.50. The van der Waals surface area contributed by atoms with Gasteiger partial charge in [-0.2, -0.15) is 0 Å². The van der Waals surface area contributed by atoms with Crippen LogP contribution in [0.5, 0.6) is 0 Å².